The summed E-state index contributed by atoms with van der Waals surface area (Å²) in [5.74, 6) is 1.24. The average Bonchev–Trinajstić information content (AvgIpc) is 2.38. The van der Waals surface area contributed by atoms with Gasteiger partial charge in [-0.05, 0) is 24.3 Å². The molecule has 0 aliphatic heterocycles. The van der Waals surface area contributed by atoms with Crippen molar-refractivity contribution >= 4 is 34.1 Å². The first-order chi connectivity index (χ1) is 9.22. The monoisotopic (exact) mass is 290 g/mol. The number of aromatic nitrogens is 2. The van der Waals surface area contributed by atoms with Crippen LogP contribution in [-0.4, -0.2) is 9.97 Å². The summed E-state index contributed by atoms with van der Waals surface area (Å²) >= 11 is 11.7. The highest BCUT2D eigenvalue weighted by atomic mass is 35.5. The van der Waals surface area contributed by atoms with Crippen LogP contribution < -0.4 is 4.74 Å². The molecule has 0 amide bonds. The lowest BCUT2D eigenvalue weighted by molar-refractivity contribution is 0.487. The third kappa shape index (κ3) is 2.62. The van der Waals surface area contributed by atoms with Gasteiger partial charge in [0, 0.05) is 23.7 Å². The van der Waals surface area contributed by atoms with Crippen molar-refractivity contribution in [2.75, 3.05) is 0 Å². The Labute approximate surface area is 119 Å². The van der Waals surface area contributed by atoms with Gasteiger partial charge in [0.15, 0.2) is 0 Å². The fourth-order valence-electron chi connectivity index (χ4n) is 1.79. The molecule has 0 bridgehead atoms. The maximum Gasteiger partial charge on any atom is 0.136 e. The minimum atomic E-state index is 0.292. The van der Waals surface area contributed by atoms with Crippen LogP contribution in [0.3, 0.4) is 0 Å². The van der Waals surface area contributed by atoms with Crippen molar-refractivity contribution < 1.29 is 4.74 Å². The van der Waals surface area contributed by atoms with Gasteiger partial charge in [0.25, 0.3) is 0 Å². The molecule has 3 nitrogen and oxygen atoms in total. The molecule has 0 N–H and O–H groups in total. The van der Waals surface area contributed by atoms with Gasteiger partial charge < -0.3 is 4.74 Å². The number of ether oxygens (including phenoxy) is 1. The number of hydrogen-bond acceptors (Lipinski definition) is 3. The highest BCUT2D eigenvalue weighted by molar-refractivity contribution is 6.32. The molecule has 19 heavy (non-hydrogen) atoms. The normalized spacial score (nSPS) is 10.6. The maximum absolute atomic E-state index is 5.85. The largest absolute Gasteiger partial charge is 0.456 e. The van der Waals surface area contributed by atoms with Crippen LogP contribution in [0, 0.1) is 0 Å². The highest BCUT2D eigenvalue weighted by Crippen LogP contribution is 2.30. The third-order valence-electron chi connectivity index (χ3n) is 2.57. The zero-order valence-corrected chi connectivity index (χ0v) is 11.2. The molecule has 0 unspecified atom stereocenters. The van der Waals surface area contributed by atoms with Gasteiger partial charge >= 0.3 is 0 Å². The predicted molar refractivity (Wildman–Crippen MR) is 76.1 cm³/mol. The lowest BCUT2D eigenvalue weighted by Gasteiger charge is -2.08. The van der Waals surface area contributed by atoms with Gasteiger partial charge in [-0.3, -0.25) is 4.98 Å². The lowest BCUT2D eigenvalue weighted by Crippen LogP contribution is -1.88. The summed E-state index contributed by atoms with van der Waals surface area (Å²) in [4.78, 5) is 8.15. The summed E-state index contributed by atoms with van der Waals surface area (Å²) < 4.78 is 5.80. The Morgan fingerprint density at radius 2 is 1.74 bits per heavy atom. The topological polar surface area (TPSA) is 35.0 Å². The summed E-state index contributed by atoms with van der Waals surface area (Å²) in [6, 6.07) is 12.7. The molecule has 94 valence electrons. The Hall–Kier alpha value is -1.84. The standard InChI is InChI=1S/C14H8Cl2N2O/c15-13-7-9(8-14(16)18-13)19-12-5-1-4-11-10(12)3-2-6-17-11/h1-8H. The summed E-state index contributed by atoms with van der Waals surface area (Å²) in [6.45, 7) is 0. The van der Waals surface area contributed by atoms with Gasteiger partial charge in [-0.1, -0.05) is 29.3 Å². The van der Waals surface area contributed by atoms with E-state index in [1.54, 1.807) is 18.3 Å². The van der Waals surface area contributed by atoms with Gasteiger partial charge in [0.2, 0.25) is 0 Å². The van der Waals surface area contributed by atoms with Crippen LogP contribution in [0.2, 0.25) is 10.3 Å². The van der Waals surface area contributed by atoms with E-state index in [9.17, 15) is 0 Å². The van der Waals surface area contributed by atoms with Gasteiger partial charge in [-0.2, -0.15) is 0 Å². The summed E-state index contributed by atoms with van der Waals surface area (Å²) in [6.07, 6.45) is 1.74. The van der Waals surface area contributed by atoms with Gasteiger partial charge in [0.05, 0.1) is 5.52 Å². The lowest BCUT2D eigenvalue weighted by atomic mass is 10.2. The molecular formula is C14H8Cl2N2O. The fourth-order valence-corrected chi connectivity index (χ4v) is 2.23. The van der Waals surface area contributed by atoms with Gasteiger partial charge in [0.1, 0.15) is 21.8 Å². The molecule has 0 saturated heterocycles. The second-order valence-electron chi connectivity index (χ2n) is 3.88. The van der Waals surface area contributed by atoms with E-state index in [0.717, 1.165) is 10.9 Å². The van der Waals surface area contributed by atoms with E-state index >= 15 is 0 Å². The van der Waals surface area contributed by atoms with Crippen molar-refractivity contribution in [3.63, 3.8) is 0 Å². The van der Waals surface area contributed by atoms with Crippen molar-refractivity contribution in [3.05, 3.63) is 59.0 Å². The molecular weight excluding hydrogens is 283 g/mol. The molecule has 3 rings (SSSR count). The summed E-state index contributed by atoms with van der Waals surface area (Å²) in [5, 5.41) is 1.51. The van der Waals surface area contributed by atoms with E-state index < -0.39 is 0 Å². The van der Waals surface area contributed by atoms with E-state index in [4.69, 9.17) is 27.9 Å². The number of rotatable bonds is 2. The van der Waals surface area contributed by atoms with E-state index in [1.165, 1.54) is 0 Å². The quantitative estimate of drug-likeness (QED) is 0.640. The fraction of sp³-hybridized carbons (Fsp3) is 0. The number of fused-ring (bicyclic) bond motifs is 1. The second kappa shape index (κ2) is 5.03. The van der Waals surface area contributed by atoms with Crippen LogP contribution in [0.25, 0.3) is 10.9 Å². The first-order valence-corrected chi connectivity index (χ1v) is 6.33. The zero-order chi connectivity index (χ0) is 13.2. The molecule has 0 aliphatic carbocycles. The molecule has 0 saturated carbocycles. The van der Waals surface area contributed by atoms with Crippen LogP contribution in [0.15, 0.2) is 48.7 Å². The first kappa shape index (κ1) is 12.2. The molecule has 2 heterocycles. The van der Waals surface area contributed by atoms with Crippen molar-refractivity contribution in [2.24, 2.45) is 0 Å². The minimum Gasteiger partial charge on any atom is -0.456 e. The molecule has 3 aromatic rings. The molecule has 0 radical (unpaired) electrons. The third-order valence-corrected chi connectivity index (χ3v) is 2.96. The van der Waals surface area contributed by atoms with Crippen LogP contribution in [0.4, 0.5) is 0 Å². The molecule has 1 aromatic carbocycles. The van der Waals surface area contributed by atoms with Crippen molar-refractivity contribution in [1.29, 1.82) is 0 Å². The second-order valence-corrected chi connectivity index (χ2v) is 4.65. The highest BCUT2D eigenvalue weighted by Gasteiger charge is 2.06. The molecule has 0 spiro atoms. The Kier molecular flexibility index (Phi) is 3.23. The van der Waals surface area contributed by atoms with Crippen molar-refractivity contribution in [3.8, 4) is 11.5 Å². The number of nitrogens with zero attached hydrogens (tertiary/aromatic N) is 2. The molecule has 2 aromatic heterocycles. The SMILES string of the molecule is Clc1cc(Oc2cccc3ncccc23)cc(Cl)n1. The Morgan fingerprint density at radius 3 is 2.53 bits per heavy atom. The Bertz CT molecular complexity index is 721. The molecule has 0 fully saturated rings. The smallest absolute Gasteiger partial charge is 0.136 e. The predicted octanol–water partition coefficient (Wildman–Crippen LogP) is 4.73. The number of hydrogen-bond donors (Lipinski definition) is 0. The number of pyridine rings is 2. The summed E-state index contributed by atoms with van der Waals surface area (Å²) in [7, 11) is 0. The van der Waals surface area contributed by atoms with E-state index in [2.05, 4.69) is 9.97 Å². The number of benzene rings is 1. The molecule has 0 atom stereocenters. The number of halogens is 2. The van der Waals surface area contributed by atoms with E-state index in [1.807, 2.05) is 30.3 Å². The van der Waals surface area contributed by atoms with Crippen molar-refractivity contribution in [2.45, 2.75) is 0 Å². The van der Waals surface area contributed by atoms with Crippen LogP contribution in [-0.2, 0) is 0 Å². The van der Waals surface area contributed by atoms with E-state index in [0.29, 0.717) is 21.8 Å². The van der Waals surface area contributed by atoms with Crippen LogP contribution in [0.1, 0.15) is 0 Å². The summed E-state index contributed by atoms with van der Waals surface area (Å²) in [5.41, 5.74) is 0.867. The van der Waals surface area contributed by atoms with Crippen molar-refractivity contribution in [1.82, 2.24) is 9.97 Å². The van der Waals surface area contributed by atoms with E-state index in [-0.39, 0.29) is 0 Å². The maximum atomic E-state index is 5.85. The van der Waals surface area contributed by atoms with Crippen LogP contribution >= 0.6 is 23.2 Å². The molecule has 5 heteroatoms. The molecule has 0 aliphatic rings. The Balaban J connectivity index is 2.05. The Morgan fingerprint density at radius 1 is 0.947 bits per heavy atom. The average molecular weight is 291 g/mol. The zero-order valence-electron chi connectivity index (χ0n) is 9.68. The van der Waals surface area contributed by atoms with Gasteiger partial charge in [-0.25, -0.2) is 4.98 Å². The van der Waals surface area contributed by atoms with Gasteiger partial charge in [-0.15, -0.1) is 0 Å². The first-order valence-electron chi connectivity index (χ1n) is 5.57. The van der Waals surface area contributed by atoms with Crippen LogP contribution in [0.5, 0.6) is 11.5 Å². The minimum absolute atomic E-state index is 0.292.